The molecule has 0 saturated carbocycles. The number of carbonyl (C=O) groups is 1. The molecule has 4 heteroatoms. The highest BCUT2D eigenvalue weighted by atomic mass is 79.9. The largest absolute Gasteiger partial charge is 0.496 e. The Kier molecular flexibility index (Phi) is 5.48. The van der Waals surface area contributed by atoms with Gasteiger partial charge < -0.3 is 9.47 Å². The molecule has 1 rings (SSSR count). The summed E-state index contributed by atoms with van der Waals surface area (Å²) in [5, 5.41) is 0.694. The minimum Gasteiger partial charge on any atom is -0.496 e. The lowest BCUT2D eigenvalue weighted by molar-refractivity contribution is -0.142. The SMILES string of the molecule is CCOC(=O)Cc1c(CBr)cc(C)cc1OC. The lowest BCUT2D eigenvalue weighted by Gasteiger charge is -2.13. The maximum absolute atomic E-state index is 11.5. The van der Waals surface area contributed by atoms with E-state index in [-0.39, 0.29) is 12.4 Å². The van der Waals surface area contributed by atoms with Crippen LogP contribution in [-0.2, 0) is 21.3 Å². The van der Waals surface area contributed by atoms with Gasteiger partial charge in [0.2, 0.25) is 0 Å². The first-order chi connectivity index (χ1) is 8.12. The molecule has 0 aromatic heterocycles. The second-order valence-electron chi connectivity index (χ2n) is 3.72. The van der Waals surface area contributed by atoms with Crippen LogP contribution in [0.4, 0.5) is 0 Å². The predicted molar refractivity (Wildman–Crippen MR) is 70.7 cm³/mol. The van der Waals surface area contributed by atoms with Crippen LogP contribution in [0.2, 0.25) is 0 Å². The molecule has 0 aliphatic heterocycles. The van der Waals surface area contributed by atoms with Gasteiger partial charge >= 0.3 is 5.97 Å². The number of methoxy groups -OCH3 is 1. The standard InChI is InChI=1S/C13H17BrO3/c1-4-17-13(15)7-11-10(8-14)5-9(2)6-12(11)16-3/h5-6H,4,7-8H2,1-3H3. The van der Waals surface area contributed by atoms with Crippen LogP contribution < -0.4 is 4.74 Å². The highest BCUT2D eigenvalue weighted by Gasteiger charge is 2.14. The fraction of sp³-hybridized carbons (Fsp3) is 0.462. The second kappa shape index (κ2) is 6.64. The van der Waals surface area contributed by atoms with E-state index in [9.17, 15) is 4.79 Å². The lowest BCUT2D eigenvalue weighted by Crippen LogP contribution is -2.10. The van der Waals surface area contributed by atoms with E-state index in [1.807, 2.05) is 19.1 Å². The maximum atomic E-state index is 11.5. The minimum absolute atomic E-state index is 0.225. The molecule has 1 aromatic rings. The molecule has 0 aliphatic carbocycles. The van der Waals surface area contributed by atoms with Crippen LogP contribution >= 0.6 is 15.9 Å². The van der Waals surface area contributed by atoms with Crippen LogP contribution in [0.15, 0.2) is 12.1 Å². The average Bonchev–Trinajstić information content (AvgIpc) is 2.31. The van der Waals surface area contributed by atoms with Gasteiger partial charge in [-0.3, -0.25) is 4.79 Å². The summed E-state index contributed by atoms with van der Waals surface area (Å²) < 4.78 is 10.3. The number of benzene rings is 1. The number of hydrogen-bond acceptors (Lipinski definition) is 3. The first-order valence-corrected chi connectivity index (χ1v) is 6.62. The molecule has 0 radical (unpaired) electrons. The molecular weight excluding hydrogens is 284 g/mol. The van der Waals surface area contributed by atoms with Crippen LogP contribution in [0.5, 0.6) is 5.75 Å². The van der Waals surface area contributed by atoms with E-state index in [0.717, 1.165) is 22.4 Å². The van der Waals surface area contributed by atoms with Crippen molar-refractivity contribution in [2.45, 2.75) is 25.6 Å². The van der Waals surface area contributed by atoms with Crippen LogP contribution in [0.3, 0.4) is 0 Å². The highest BCUT2D eigenvalue weighted by molar-refractivity contribution is 9.08. The van der Waals surface area contributed by atoms with Crippen molar-refractivity contribution in [3.63, 3.8) is 0 Å². The van der Waals surface area contributed by atoms with Crippen molar-refractivity contribution < 1.29 is 14.3 Å². The molecule has 0 saturated heterocycles. The average molecular weight is 301 g/mol. The van der Waals surface area contributed by atoms with Gasteiger partial charge in [-0.05, 0) is 31.0 Å². The van der Waals surface area contributed by atoms with E-state index in [0.29, 0.717) is 11.9 Å². The Labute approximate surface area is 110 Å². The molecule has 0 amide bonds. The van der Waals surface area contributed by atoms with Gasteiger partial charge in [-0.2, -0.15) is 0 Å². The molecule has 1 aromatic carbocycles. The van der Waals surface area contributed by atoms with Gasteiger partial charge in [0.1, 0.15) is 5.75 Å². The molecule has 0 heterocycles. The monoisotopic (exact) mass is 300 g/mol. The van der Waals surface area contributed by atoms with Gasteiger partial charge in [0.15, 0.2) is 0 Å². The molecule has 94 valence electrons. The topological polar surface area (TPSA) is 35.5 Å². The third kappa shape index (κ3) is 3.73. The van der Waals surface area contributed by atoms with Gasteiger partial charge in [0.05, 0.1) is 20.1 Å². The summed E-state index contributed by atoms with van der Waals surface area (Å²) in [6.45, 7) is 4.20. The first kappa shape index (κ1) is 14.0. The number of carbonyl (C=O) groups excluding carboxylic acids is 1. The predicted octanol–water partition coefficient (Wildman–Crippen LogP) is 3.00. The normalized spacial score (nSPS) is 10.1. The molecule has 3 nitrogen and oxygen atoms in total. The van der Waals surface area contributed by atoms with Crippen molar-refractivity contribution in [2.24, 2.45) is 0 Å². The zero-order valence-corrected chi connectivity index (χ0v) is 12.0. The van der Waals surface area contributed by atoms with Crippen molar-refractivity contribution in [3.8, 4) is 5.75 Å². The summed E-state index contributed by atoms with van der Waals surface area (Å²) in [4.78, 5) is 11.5. The molecule has 0 unspecified atom stereocenters. The molecule has 17 heavy (non-hydrogen) atoms. The van der Waals surface area contributed by atoms with Crippen molar-refractivity contribution in [2.75, 3.05) is 13.7 Å². The summed E-state index contributed by atoms with van der Waals surface area (Å²) in [6.07, 6.45) is 0.248. The van der Waals surface area contributed by atoms with Crippen LogP contribution in [-0.4, -0.2) is 19.7 Å². The summed E-state index contributed by atoms with van der Waals surface area (Å²) in [6, 6.07) is 3.98. The smallest absolute Gasteiger partial charge is 0.310 e. The minimum atomic E-state index is -0.225. The number of rotatable bonds is 5. The zero-order valence-electron chi connectivity index (χ0n) is 10.4. The number of aryl methyl sites for hydroxylation is 1. The first-order valence-electron chi connectivity index (χ1n) is 5.50. The number of hydrogen-bond donors (Lipinski definition) is 0. The maximum Gasteiger partial charge on any atom is 0.310 e. The molecule has 0 aliphatic rings. The van der Waals surface area contributed by atoms with Gasteiger partial charge in [0, 0.05) is 10.9 Å². The Bertz CT molecular complexity index is 377. The molecular formula is C13H17BrO3. The van der Waals surface area contributed by atoms with Crippen LogP contribution in [0, 0.1) is 6.92 Å². The van der Waals surface area contributed by atoms with Crippen molar-refractivity contribution in [1.29, 1.82) is 0 Å². The van der Waals surface area contributed by atoms with Gasteiger partial charge in [-0.15, -0.1) is 0 Å². The van der Waals surface area contributed by atoms with Crippen molar-refractivity contribution >= 4 is 21.9 Å². The molecule has 0 fully saturated rings. The Morgan fingerprint density at radius 3 is 2.65 bits per heavy atom. The fourth-order valence-corrected chi connectivity index (χ4v) is 2.21. The summed E-state index contributed by atoms with van der Waals surface area (Å²) in [7, 11) is 1.61. The number of halogens is 1. The van der Waals surface area contributed by atoms with Gasteiger partial charge in [0.25, 0.3) is 0 Å². The van der Waals surface area contributed by atoms with Gasteiger partial charge in [-0.1, -0.05) is 22.0 Å². The summed E-state index contributed by atoms with van der Waals surface area (Å²) in [5.41, 5.74) is 3.08. The molecule has 0 bridgehead atoms. The van der Waals surface area contributed by atoms with Crippen LogP contribution in [0.1, 0.15) is 23.6 Å². The molecule has 0 atom stereocenters. The Morgan fingerprint density at radius 1 is 1.41 bits per heavy atom. The number of esters is 1. The van der Waals surface area contributed by atoms with Crippen molar-refractivity contribution in [1.82, 2.24) is 0 Å². The quantitative estimate of drug-likeness (QED) is 0.619. The highest BCUT2D eigenvalue weighted by Crippen LogP contribution is 2.27. The van der Waals surface area contributed by atoms with E-state index in [1.54, 1.807) is 14.0 Å². The zero-order chi connectivity index (χ0) is 12.8. The Hall–Kier alpha value is -1.03. The van der Waals surface area contributed by atoms with Crippen molar-refractivity contribution in [3.05, 3.63) is 28.8 Å². The van der Waals surface area contributed by atoms with Gasteiger partial charge in [-0.25, -0.2) is 0 Å². The lowest BCUT2D eigenvalue weighted by atomic mass is 10.0. The third-order valence-corrected chi connectivity index (χ3v) is 3.04. The van der Waals surface area contributed by atoms with E-state index < -0.39 is 0 Å². The van der Waals surface area contributed by atoms with E-state index >= 15 is 0 Å². The molecule has 0 spiro atoms. The fourth-order valence-electron chi connectivity index (χ4n) is 1.71. The summed E-state index contributed by atoms with van der Waals surface area (Å²) >= 11 is 3.43. The molecule has 0 N–H and O–H groups in total. The Balaban J connectivity index is 3.06. The Morgan fingerprint density at radius 2 is 2.12 bits per heavy atom. The van der Waals surface area contributed by atoms with Crippen LogP contribution in [0.25, 0.3) is 0 Å². The van der Waals surface area contributed by atoms with E-state index in [2.05, 4.69) is 15.9 Å². The number of alkyl halides is 1. The second-order valence-corrected chi connectivity index (χ2v) is 4.28. The van der Waals surface area contributed by atoms with E-state index in [4.69, 9.17) is 9.47 Å². The third-order valence-electron chi connectivity index (χ3n) is 2.44. The summed E-state index contributed by atoms with van der Waals surface area (Å²) in [5.74, 6) is 0.518. The van der Waals surface area contributed by atoms with E-state index in [1.165, 1.54) is 0 Å². The number of ether oxygens (including phenoxy) is 2.